The third kappa shape index (κ3) is 5.61. The molecule has 1 atom stereocenters. The highest BCUT2D eigenvalue weighted by atomic mass is 19.1. The first-order valence-electron chi connectivity index (χ1n) is 11.9. The SMILES string of the molecule is CCOCc1cc(CN2CCC[C@H](N3CCN(c4ccccc4F)CC3)C2)ccc1OC. The van der Waals surface area contributed by atoms with Gasteiger partial charge in [-0.2, -0.15) is 0 Å². The molecular weight excluding hydrogens is 405 g/mol. The summed E-state index contributed by atoms with van der Waals surface area (Å²) >= 11 is 0. The van der Waals surface area contributed by atoms with Crippen LogP contribution in [0.15, 0.2) is 42.5 Å². The molecule has 2 aromatic carbocycles. The van der Waals surface area contributed by atoms with E-state index in [0.717, 1.165) is 62.8 Å². The van der Waals surface area contributed by atoms with Crippen LogP contribution in [0, 0.1) is 5.82 Å². The molecule has 0 aromatic heterocycles. The van der Waals surface area contributed by atoms with Gasteiger partial charge in [0.05, 0.1) is 19.4 Å². The van der Waals surface area contributed by atoms with Gasteiger partial charge in [-0.1, -0.05) is 18.2 Å². The van der Waals surface area contributed by atoms with Gasteiger partial charge in [-0.25, -0.2) is 4.39 Å². The highest BCUT2D eigenvalue weighted by Gasteiger charge is 2.28. The van der Waals surface area contributed by atoms with E-state index in [1.165, 1.54) is 18.4 Å². The predicted molar refractivity (Wildman–Crippen MR) is 127 cm³/mol. The Labute approximate surface area is 191 Å². The fourth-order valence-corrected chi connectivity index (χ4v) is 5.02. The molecule has 6 heteroatoms. The van der Waals surface area contributed by atoms with E-state index in [1.54, 1.807) is 19.2 Å². The van der Waals surface area contributed by atoms with Crippen LogP contribution in [-0.2, 0) is 17.9 Å². The number of hydrogen-bond acceptors (Lipinski definition) is 5. The standard InChI is InChI=1S/C26H36FN3O2/c1-3-32-20-22-17-21(10-11-26(22)31-2)18-28-12-6-7-23(19-28)29-13-15-30(16-14-29)25-9-5-4-8-24(25)27/h4-5,8-11,17,23H,3,6-7,12-16,18-20H2,1-2H3/t23-/m0/s1. The summed E-state index contributed by atoms with van der Waals surface area (Å²) in [5.41, 5.74) is 3.16. The Balaban J connectivity index is 1.33. The summed E-state index contributed by atoms with van der Waals surface area (Å²) in [5.74, 6) is 0.777. The van der Waals surface area contributed by atoms with Crippen molar-refractivity contribution in [2.24, 2.45) is 0 Å². The zero-order valence-electron chi connectivity index (χ0n) is 19.4. The van der Waals surface area contributed by atoms with Crippen LogP contribution in [0.3, 0.4) is 0 Å². The number of likely N-dealkylation sites (tertiary alicyclic amines) is 1. The first kappa shape index (κ1) is 23.0. The Kier molecular flexibility index (Phi) is 8.00. The van der Waals surface area contributed by atoms with Crippen molar-refractivity contribution >= 4 is 5.69 Å². The molecule has 0 amide bonds. The number of benzene rings is 2. The van der Waals surface area contributed by atoms with E-state index in [2.05, 4.69) is 32.9 Å². The molecule has 0 radical (unpaired) electrons. The fourth-order valence-electron chi connectivity index (χ4n) is 5.02. The quantitative estimate of drug-likeness (QED) is 0.614. The van der Waals surface area contributed by atoms with Crippen LogP contribution in [0.25, 0.3) is 0 Å². The Bertz CT molecular complexity index is 870. The van der Waals surface area contributed by atoms with Crippen molar-refractivity contribution in [3.05, 3.63) is 59.4 Å². The monoisotopic (exact) mass is 441 g/mol. The average molecular weight is 442 g/mol. The minimum absolute atomic E-state index is 0.118. The van der Waals surface area contributed by atoms with E-state index < -0.39 is 0 Å². The second kappa shape index (κ2) is 11.1. The number of hydrogen-bond donors (Lipinski definition) is 0. The van der Waals surface area contributed by atoms with Crippen LogP contribution >= 0.6 is 0 Å². The van der Waals surface area contributed by atoms with Crippen LogP contribution < -0.4 is 9.64 Å². The number of halogens is 1. The number of piperazine rings is 1. The Morgan fingerprint density at radius 2 is 1.84 bits per heavy atom. The number of ether oxygens (including phenoxy) is 2. The molecule has 0 bridgehead atoms. The lowest BCUT2D eigenvalue weighted by Gasteiger charge is -2.44. The smallest absolute Gasteiger partial charge is 0.146 e. The minimum atomic E-state index is -0.118. The van der Waals surface area contributed by atoms with Gasteiger partial charge < -0.3 is 14.4 Å². The van der Waals surface area contributed by atoms with Gasteiger partial charge in [-0.15, -0.1) is 0 Å². The molecule has 0 N–H and O–H groups in total. The van der Waals surface area contributed by atoms with Gasteiger partial charge in [0, 0.05) is 57.5 Å². The van der Waals surface area contributed by atoms with Crippen LogP contribution in [0.5, 0.6) is 5.75 Å². The zero-order chi connectivity index (χ0) is 22.3. The molecule has 2 aliphatic rings. The largest absolute Gasteiger partial charge is 0.496 e. The van der Waals surface area contributed by atoms with Crippen molar-refractivity contribution in [3.8, 4) is 5.75 Å². The molecule has 0 saturated carbocycles. The van der Waals surface area contributed by atoms with Crippen molar-refractivity contribution in [1.29, 1.82) is 0 Å². The lowest BCUT2D eigenvalue weighted by atomic mass is 10.0. The average Bonchev–Trinajstić information content (AvgIpc) is 2.83. The van der Waals surface area contributed by atoms with Crippen LogP contribution in [-0.4, -0.2) is 68.8 Å². The number of methoxy groups -OCH3 is 1. The van der Waals surface area contributed by atoms with E-state index in [4.69, 9.17) is 9.47 Å². The van der Waals surface area contributed by atoms with E-state index >= 15 is 0 Å². The first-order valence-corrected chi connectivity index (χ1v) is 11.9. The number of anilines is 1. The van der Waals surface area contributed by atoms with Gasteiger partial charge in [-0.3, -0.25) is 9.80 Å². The Morgan fingerprint density at radius 1 is 1.03 bits per heavy atom. The summed E-state index contributed by atoms with van der Waals surface area (Å²) in [7, 11) is 1.71. The molecule has 4 rings (SSSR count). The third-order valence-corrected chi connectivity index (χ3v) is 6.72. The molecule has 32 heavy (non-hydrogen) atoms. The number of para-hydroxylation sites is 1. The van der Waals surface area contributed by atoms with Crippen molar-refractivity contribution < 1.29 is 13.9 Å². The normalized spacial score (nSPS) is 20.5. The lowest BCUT2D eigenvalue weighted by Crippen LogP contribution is -2.55. The molecule has 2 saturated heterocycles. The summed E-state index contributed by atoms with van der Waals surface area (Å²) < 4.78 is 25.3. The fraction of sp³-hybridized carbons (Fsp3) is 0.538. The summed E-state index contributed by atoms with van der Waals surface area (Å²) in [6.45, 7) is 10.2. The van der Waals surface area contributed by atoms with Gasteiger partial charge in [0.25, 0.3) is 0 Å². The van der Waals surface area contributed by atoms with Crippen molar-refractivity contribution in [3.63, 3.8) is 0 Å². The number of piperidine rings is 1. The van der Waals surface area contributed by atoms with E-state index in [1.807, 2.05) is 19.1 Å². The van der Waals surface area contributed by atoms with Crippen molar-refractivity contribution in [2.75, 3.05) is 57.9 Å². The number of nitrogens with zero attached hydrogens (tertiary/aromatic N) is 3. The Hall–Kier alpha value is -2.15. The molecular formula is C26H36FN3O2. The maximum atomic E-state index is 14.2. The van der Waals surface area contributed by atoms with Gasteiger partial charge in [-0.05, 0) is 56.1 Å². The minimum Gasteiger partial charge on any atom is -0.496 e. The summed E-state index contributed by atoms with van der Waals surface area (Å²) in [6.07, 6.45) is 2.47. The van der Waals surface area contributed by atoms with Gasteiger partial charge in [0.1, 0.15) is 11.6 Å². The molecule has 0 spiro atoms. The van der Waals surface area contributed by atoms with Crippen molar-refractivity contribution in [1.82, 2.24) is 9.80 Å². The summed E-state index contributed by atoms with van der Waals surface area (Å²) in [6, 6.07) is 14.2. The zero-order valence-corrected chi connectivity index (χ0v) is 19.4. The van der Waals surface area contributed by atoms with Gasteiger partial charge in [0.15, 0.2) is 0 Å². The van der Waals surface area contributed by atoms with Crippen LogP contribution in [0.2, 0.25) is 0 Å². The summed E-state index contributed by atoms with van der Waals surface area (Å²) in [5, 5.41) is 0. The van der Waals surface area contributed by atoms with Gasteiger partial charge >= 0.3 is 0 Å². The lowest BCUT2D eigenvalue weighted by molar-refractivity contribution is 0.0885. The van der Waals surface area contributed by atoms with Gasteiger partial charge in [0.2, 0.25) is 0 Å². The molecule has 2 aromatic rings. The molecule has 2 heterocycles. The number of rotatable bonds is 8. The second-order valence-electron chi connectivity index (χ2n) is 8.79. The molecule has 0 aliphatic carbocycles. The molecule has 0 unspecified atom stereocenters. The van der Waals surface area contributed by atoms with E-state index in [0.29, 0.717) is 19.3 Å². The topological polar surface area (TPSA) is 28.2 Å². The molecule has 5 nitrogen and oxygen atoms in total. The van der Waals surface area contributed by atoms with E-state index in [9.17, 15) is 4.39 Å². The van der Waals surface area contributed by atoms with Crippen LogP contribution in [0.1, 0.15) is 30.9 Å². The maximum absolute atomic E-state index is 14.2. The highest BCUT2D eigenvalue weighted by molar-refractivity contribution is 5.48. The predicted octanol–water partition coefficient (Wildman–Crippen LogP) is 4.16. The Morgan fingerprint density at radius 3 is 2.59 bits per heavy atom. The summed E-state index contributed by atoms with van der Waals surface area (Å²) in [4.78, 5) is 7.37. The highest BCUT2D eigenvalue weighted by Crippen LogP contribution is 2.25. The molecule has 2 aliphatic heterocycles. The molecule has 174 valence electrons. The maximum Gasteiger partial charge on any atom is 0.146 e. The van der Waals surface area contributed by atoms with E-state index in [-0.39, 0.29) is 5.82 Å². The first-order chi connectivity index (χ1) is 15.7. The van der Waals surface area contributed by atoms with Crippen molar-refractivity contribution in [2.45, 2.75) is 39.0 Å². The third-order valence-electron chi connectivity index (χ3n) is 6.72. The second-order valence-corrected chi connectivity index (χ2v) is 8.79. The van der Waals surface area contributed by atoms with Crippen LogP contribution in [0.4, 0.5) is 10.1 Å². The molecule has 2 fully saturated rings.